The van der Waals surface area contributed by atoms with Crippen molar-refractivity contribution in [3.63, 3.8) is 0 Å². The van der Waals surface area contributed by atoms with Crippen LogP contribution < -0.4 is 10.5 Å². The van der Waals surface area contributed by atoms with Gasteiger partial charge in [0.15, 0.2) is 0 Å². The van der Waals surface area contributed by atoms with Gasteiger partial charge in [0.25, 0.3) is 5.91 Å². The fourth-order valence-corrected chi connectivity index (χ4v) is 5.10. The van der Waals surface area contributed by atoms with Gasteiger partial charge in [-0.05, 0) is 31.2 Å². The van der Waals surface area contributed by atoms with Crippen LogP contribution in [0.15, 0.2) is 30.3 Å². The lowest BCUT2D eigenvalue weighted by Gasteiger charge is -2.19. The van der Waals surface area contributed by atoms with Crippen LogP contribution in [-0.4, -0.2) is 28.5 Å². The van der Waals surface area contributed by atoms with E-state index >= 15 is 0 Å². The molecule has 1 amide bonds. The van der Waals surface area contributed by atoms with Crippen LogP contribution in [0.25, 0.3) is 0 Å². The fourth-order valence-electron chi connectivity index (χ4n) is 2.45. The van der Waals surface area contributed by atoms with Gasteiger partial charge >= 0.3 is 0 Å². The van der Waals surface area contributed by atoms with Crippen molar-refractivity contribution in [2.24, 2.45) is 5.73 Å². The van der Waals surface area contributed by atoms with Crippen LogP contribution in [-0.2, 0) is 21.2 Å². The lowest BCUT2D eigenvalue weighted by atomic mass is 10.1. The summed E-state index contributed by atoms with van der Waals surface area (Å²) < 4.78 is 26.4. The quantitative estimate of drug-likeness (QED) is 0.552. The third kappa shape index (κ3) is 2.70. The Morgan fingerprint density at radius 3 is 2.38 bits per heavy atom. The van der Waals surface area contributed by atoms with E-state index in [1.165, 1.54) is 0 Å². The number of hydrogen-bond donors (Lipinski definition) is 2. The first-order chi connectivity index (χ1) is 9.79. The van der Waals surface area contributed by atoms with Crippen LogP contribution >= 0.6 is 22.6 Å². The summed E-state index contributed by atoms with van der Waals surface area (Å²) in [5, 5.41) is 0. The highest BCUT2D eigenvalue weighted by Gasteiger charge is 2.60. The van der Waals surface area contributed by atoms with E-state index in [-0.39, 0.29) is 3.92 Å². The topological polar surface area (TPSA) is 89.3 Å². The minimum atomic E-state index is -3.70. The first-order valence-electron chi connectivity index (χ1n) is 6.83. The Balaban J connectivity index is 1.74. The van der Waals surface area contributed by atoms with Crippen molar-refractivity contribution in [3.8, 4) is 0 Å². The molecule has 7 heteroatoms. The number of carbonyl (C=O) groups excluding carboxylic acids is 1. The van der Waals surface area contributed by atoms with Crippen molar-refractivity contribution in [3.05, 3.63) is 35.9 Å². The van der Waals surface area contributed by atoms with Gasteiger partial charge in [0.05, 0.1) is 4.75 Å². The number of rotatable bonds is 5. The molecule has 114 valence electrons. The molecule has 0 bridgehead atoms. The molecule has 2 saturated carbocycles. The molecule has 0 spiro atoms. The van der Waals surface area contributed by atoms with Gasteiger partial charge in [-0.1, -0.05) is 52.9 Å². The summed E-state index contributed by atoms with van der Waals surface area (Å²) in [6, 6.07) is 9.48. The number of sulfonamides is 1. The molecule has 1 aromatic rings. The van der Waals surface area contributed by atoms with Crippen molar-refractivity contribution >= 4 is 38.5 Å². The van der Waals surface area contributed by atoms with E-state index in [0.29, 0.717) is 25.7 Å². The monoisotopic (exact) mass is 420 g/mol. The number of amides is 1. The molecule has 5 nitrogen and oxygen atoms in total. The maximum atomic E-state index is 12.5. The molecular formula is C14H17IN2O3S. The Labute approximate surface area is 137 Å². The number of halogens is 1. The maximum Gasteiger partial charge on any atom is 0.254 e. The second-order valence-corrected chi connectivity index (χ2v) is 9.57. The summed E-state index contributed by atoms with van der Waals surface area (Å²) in [5.41, 5.74) is 5.82. The highest BCUT2D eigenvalue weighted by Crippen LogP contribution is 2.47. The van der Waals surface area contributed by atoms with Gasteiger partial charge in [-0.3, -0.25) is 9.52 Å². The zero-order valence-electron chi connectivity index (χ0n) is 11.4. The third-order valence-electron chi connectivity index (χ3n) is 4.31. The predicted octanol–water partition coefficient (Wildman–Crippen LogP) is 1.11. The average Bonchev–Trinajstić information content (AvgIpc) is 3.31. The van der Waals surface area contributed by atoms with Crippen molar-refractivity contribution in [1.29, 1.82) is 0 Å². The standard InChI is InChI=1S/C14H17IN2O3S/c15-11-9-14(11,16)12(18)17-21(19,20)13(6-7-13)8-10-4-2-1-3-5-10/h1-5,11H,6-9,16H2,(H,17,18)/t11-,14-/m1/s1. The molecular weight excluding hydrogens is 403 g/mol. The second-order valence-electron chi connectivity index (χ2n) is 5.99. The molecule has 21 heavy (non-hydrogen) atoms. The Kier molecular flexibility index (Phi) is 3.57. The third-order valence-corrected chi connectivity index (χ3v) is 8.01. The predicted molar refractivity (Wildman–Crippen MR) is 88.5 cm³/mol. The first kappa shape index (κ1) is 15.2. The van der Waals surface area contributed by atoms with Gasteiger partial charge in [-0.15, -0.1) is 0 Å². The summed E-state index contributed by atoms with van der Waals surface area (Å²) in [4.78, 5) is 12.1. The number of hydrogen-bond acceptors (Lipinski definition) is 4. The van der Waals surface area contributed by atoms with Crippen LogP contribution in [0.2, 0.25) is 0 Å². The number of alkyl halides is 1. The van der Waals surface area contributed by atoms with Crippen LogP contribution in [0.5, 0.6) is 0 Å². The average molecular weight is 420 g/mol. The molecule has 0 heterocycles. The number of nitrogens with two attached hydrogens (primary N) is 1. The zero-order chi connectivity index (χ0) is 15.3. The van der Waals surface area contributed by atoms with E-state index in [0.717, 1.165) is 5.56 Å². The molecule has 0 saturated heterocycles. The summed E-state index contributed by atoms with van der Waals surface area (Å²) in [7, 11) is -3.70. The minimum Gasteiger partial charge on any atom is -0.316 e. The Morgan fingerprint density at radius 1 is 1.33 bits per heavy atom. The fraction of sp³-hybridized carbons (Fsp3) is 0.500. The molecule has 2 aliphatic rings. The van der Waals surface area contributed by atoms with Gasteiger partial charge in [0.2, 0.25) is 10.0 Å². The Bertz CT molecular complexity index is 673. The summed E-state index contributed by atoms with van der Waals surface area (Å²) in [5.74, 6) is -0.568. The van der Waals surface area contributed by atoms with E-state index in [2.05, 4.69) is 27.3 Å². The van der Waals surface area contributed by atoms with E-state index in [4.69, 9.17) is 5.73 Å². The van der Waals surface area contributed by atoms with Crippen LogP contribution in [0.3, 0.4) is 0 Å². The van der Waals surface area contributed by atoms with E-state index in [9.17, 15) is 13.2 Å². The molecule has 0 aliphatic heterocycles. The minimum absolute atomic E-state index is 0.00887. The normalized spacial score (nSPS) is 29.7. The Morgan fingerprint density at radius 2 is 1.90 bits per heavy atom. The van der Waals surface area contributed by atoms with Crippen molar-refractivity contribution in [1.82, 2.24) is 4.72 Å². The van der Waals surface area contributed by atoms with Gasteiger partial charge in [0, 0.05) is 3.92 Å². The number of carbonyl (C=O) groups is 1. The lowest BCUT2D eigenvalue weighted by Crippen LogP contribution is -2.50. The van der Waals surface area contributed by atoms with E-state index in [1.54, 1.807) is 0 Å². The molecule has 2 aliphatic carbocycles. The highest BCUT2D eigenvalue weighted by molar-refractivity contribution is 14.1. The van der Waals surface area contributed by atoms with Crippen LogP contribution in [0, 0.1) is 0 Å². The van der Waals surface area contributed by atoms with Crippen molar-refractivity contribution in [2.45, 2.75) is 39.9 Å². The van der Waals surface area contributed by atoms with Crippen LogP contribution in [0.4, 0.5) is 0 Å². The van der Waals surface area contributed by atoms with Crippen molar-refractivity contribution < 1.29 is 13.2 Å². The number of nitrogens with one attached hydrogen (secondary N) is 1. The van der Waals surface area contributed by atoms with E-state index < -0.39 is 26.2 Å². The Hall–Kier alpha value is -0.670. The lowest BCUT2D eigenvalue weighted by molar-refractivity contribution is -0.121. The SMILES string of the molecule is N[C@]1(C(=O)NS(=O)(=O)C2(Cc3ccccc3)CC2)C[C@H]1I. The molecule has 0 aromatic heterocycles. The zero-order valence-corrected chi connectivity index (χ0v) is 14.4. The molecule has 3 rings (SSSR count). The molecule has 2 atom stereocenters. The van der Waals surface area contributed by atoms with E-state index in [1.807, 2.05) is 30.3 Å². The smallest absolute Gasteiger partial charge is 0.254 e. The second kappa shape index (κ2) is 4.92. The molecule has 1 aromatic carbocycles. The van der Waals surface area contributed by atoms with Crippen molar-refractivity contribution in [2.75, 3.05) is 0 Å². The van der Waals surface area contributed by atoms with Gasteiger partial charge < -0.3 is 5.73 Å². The summed E-state index contributed by atoms with van der Waals surface area (Å²) in [6.45, 7) is 0. The first-order valence-corrected chi connectivity index (χ1v) is 9.56. The summed E-state index contributed by atoms with van der Waals surface area (Å²) in [6.07, 6.45) is 2.12. The highest BCUT2D eigenvalue weighted by atomic mass is 127. The molecule has 3 N–H and O–H groups in total. The maximum absolute atomic E-state index is 12.5. The largest absolute Gasteiger partial charge is 0.316 e. The molecule has 2 fully saturated rings. The van der Waals surface area contributed by atoms with Gasteiger partial charge in [-0.2, -0.15) is 0 Å². The summed E-state index contributed by atoms with van der Waals surface area (Å²) >= 11 is 2.07. The number of benzene rings is 1. The molecule has 0 unspecified atom stereocenters. The molecule has 0 radical (unpaired) electrons. The van der Waals surface area contributed by atoms with Gasteiger partial charge in [0.1, 0.15) is 5.54 Å². The van der Waals surface area contributed by atoms with Gasteiger partial charge in [-0.25, -0.2) is 8.42 Å². The van der Waals surface area contributed by atoms with Crippen LogP contribution in [0.1, 0.15) is 24.8 Å².